The van der Waals surface area contributed by atoms with E-state index in [2.05, 4.69) is 11.6 Å². The van der Waals surface area contributed by atoms with Gasteiger partial charge in [0.25, 0.3) is 11.5 Å². The molecule has 1 unspecified atom stereocenters. The third-order valence-electron chi connectivity index (χ3n) is 8.38. The van der Waals surface area contributed by atoms with Gasteiger partial charge in [-0.1, -0.05) is 24.8 Å². The van der Waals surface area contributed by atoms with Crippen molar-refractivity contribution < 1.29 is 32.6 Å². The first-order chi connectivity index (χ1) is 21.8. The van der Waals surface area contributed by atoms with Gasteiger partial charge in [0.2, 0.25) is 5.89 Å². The molecule has 1 fully saturated rings. The number of ether oxygens (including phenoxy) is 2. The van der Waals surface area contributed by atoms with Crippen LogP contribution in [0.2, 0.25) is 0 Å². The van der Waals surface area contributed by atoms with Crippen LogP contribution in [0.3, 0.4) is 0 Å². The van der Waals surface area contributed by atoms with E-state index in [0.29, 0.717) is 58.6 Å². The van der Waals surface area contributed by atoms with E-state index in [1.165, 1.54) is 38.0 Å². The molecule has 0 amide bonds. The fourth-order valence-corrected chi connectivity index (χ4v) is 6.99. The monoisotopic (exact) mass is 658 g/mol. The number of halogens is 2. The number of carboxylic acid groups (broad SMARTS) is 1. The molecule has 14 heteroatoms. The van der Waals surface area contributed by atoms with Gasteiger partial charge in [-0.25, -0.2) is 27.9 Å². The molecule has 1 saturated heterocycles. The number of piperidine rings is 1. The zero-order valence-electron chi connectivity index (χ0n) is 26.0. The first-order valence-electron chi connectivity index (χ1n) is 14.7. The highest BCUT2D eigenvalue weighted by Crippen LogP contribution is 2.38. The van der Waals surface area contributed by atoms with Crippen LogP contribution >= 0.6 is 11.3 Å². The summed E-state index contributed by atoms with van der Waals surface area (Å²) in [5.41, 5.74) is -2.33. The lowest BCUT2D eigenvalue weighted by Crippen LogP contribution is -2.52. The minimum absolute atomic E-state index is 0.106. The van der Waals surface area contributed by atoms with Crippen molar-refractivity contribution >= 4 is 27.5 Å². The Kier molecular flexibility index (Phi) is 9.34. The molecule has 1 N–H and O–H groups in total. The summed E-state index contributed by atoms with van der Waals surface area (Å²) in [6.45, 7) is 7.72. The number of hydrogen-bond acceptors (Lipinski definition) is 9. The Balaban J connectivity index is 1.62. The molecule has 5 rings (SSSR count). The Labute approximate surface area is 267 Å². The molecule has 0 aliphatic carbocycles. The summed E-state index contributed by atoms with van der Waals surface area (Å²) in [6, 6.07) is 7.16. The van der Waals surface area contributed by atoms with E-state index in [4.69, 9.17) is 13.9 Å². The van der Waals surface area contributed by atoms with Crippen molar-refractivity contribution in [3.63, 3.8) is 0 Å². The number of para-hydroxylation sites is 1. The number of aromatic nitrogens is 3. The molecule has 11 nitrogen and oxygen atoms in total. The summed E-state index contributed by atoms with van der Waals surface area (Å²) in [5.74, 6) is -3.60. The number of nitrogens with zero attached hydrogens (tertiary/aromatic N) is 4. The van der Waals surface area contributed by atoms with Crippen LogP contribution in [0.15, 0.2) is 63.4 Å². The molecule has 1 aliphatic rings. The average molecular weight is 659 g/mol. The maximum Gasteiger partial charge on any atom is 0.333 e. The van der Waals surface area contributed by atoms with E-state index in [1.54, 1.807) is 36.1 Å². The minimum Gasteiger partial charge on any atom is -0.496 e. The fraction of sp³-hybridized carbons (Fsp3) is 0.438. The van der Waals surface area contributed by atoms with Crippen LogP contribution in [0.5, 0.6) is 5.75 Å². The number of methoxy groups -OCH3 is 1. The van der Waals surface area contributed by atoms with Gasteiger partial charge >= 0.3 is 11.7 Å². The van der Waals surface area contributed by atoms with Crippen molar-refractivity contribution in [2.45, 2.75) is 63.8 Å². The first-order valence-corrected chi connectivity index (χ1v) is 15.6. The van der Waals surface area contributed by atoms with E-state index < -0.39 is 41.3 Å². The summed E-state index contributed by atoms with van der Waals surface area (Å²) in [5, 5.41) is 10.2. The van der Waals surface area contributed by atoms with Crippen LogP contribution in [-0.4, -0.2) is 68.9 Å². The SMILES string of the molecule is C=CC(F)(F)CN1CCC(OC(Cn2c(=O)n(C(C)(C)C(=O)O)c(=O)c3c(C)c(-c4ncco4)sc32)c2ccccc2OC)CC1. The van der Waals surface area contributed by atoms with E-state index >= 15 is 0 Å². The number of aliphatic carboxylic acids is 1. The smallest absolute Gasteiger partial charge is 0.333 e. The first kappa shape index (κ1) is 33.2. The van der Waals surface area contributed by atoms with Crippen LogP contribution < -0.4 is 16.0 Å². The molecule has 0 saturated carbocycles. The van der Waals surface area contributed by atoms with E-state index in [1.807, 2.05) is 0 Å². The largest absolute Gasteiger partial charge is 0.496 e. The number of oxazole rings is 1. The van der Waals surface area contributed by atoms with E-state index in [-0.39, 0.29) is 23.9 Å². The van der Waals surface area contributed by atoms with Gasteiger partial charge in [-0.15, -0.1) is 11.3 Å². The number of carboxylic acids is 1. The number of aryl methyl sites for hydroxylation is 1. The van der Waals surface area contributed by atoms with Crippen LogP contribution in [0.4, 0.5) is 8.78 Å². The lowest BCUT2D eigenvalue weighted by atomic mass is 10.0. The Bertz CT molecular complexity index is 1850. The number of alkyl halides is 2. The second-order valence-electron chi connectivity index (χ2n) is 11.8. The van der Waals surface area contributed by atoms with Crippen molar-refractivity contribution in [2.75, 3.05) is 26.7 Å². The van der Waals surface area contributed by atoms with Gasteiger partial charge in [0.05, 0.1) is 42.8 Å². The number of rotatable bonds is 12. The number of hydrogen-bond donors (Lipinski definition) is 1. The van der Waals surface area contributed by atoms with E-state index in [9.17, 15) is 28.3 Å². The number of thiophene rings is 1. The molecule has 0 radical (unpaired) electrons. The third kappa shape index (κ3) is 6.29. The maximum atomic E-state index is 14.2. The Morgan fingerprint density at radius 1 is 1.26 bits per heavy atom. The summed E-state index contributed by atoms with van der Waals surface area (Å²) in [4.78, 5) is 47.2. The fourth-order valence-electron chi connectivity index (χ4n) is 5.75. The summed E-state index contributed by atoms with van der Waals surface area (Å²) in [6.07, 6.45) is 3.29. The predicted octanol–water partition coefficient (Wildman–Crippen LogP) is 5.06. The normalized spacial score (nSPS) is 15.7. The highest BCUT2D eigenvalue weighted by Gasteiger charge is 2.37. The van der Waals surface area contributed by atoms with Gasteiger partial charge in [-0.3, -0.25) is 14.3 Å². The number of likely N-dealkylation sites (tertiary alicyclic amines) is 1. The number of carbonyl (C=O) groups is 1. The topological polar surface area (TPSA) is 129 Å². The molecule has 0 bridgehead atoms. The molecular formula is C32H36F2N4O7S. The minimum atomic E-state index is -3.00. The lowest BCUT2D eigenvalue weighted by molar-refractivity contribution is -0.146. The summed E-state index contributed by atoms with van der Waals surface area (Å²) < 4.78 is 47.8. The number of fused-ring (bicyclic) bond motifs is 1. The molecule has 1 aliphatic heterocycles. The van der Waals surface area contributed by atoms with Gasteiger partial charge in [-0.05, 0) is 51.3 Å². The molecule has 1 atom stereocenters. The van der Waals surface area contributed by atoms with Crippen molar-refractivity contribution in [3.05, 3.63) is 81.3 Å². The standard InChI is InChI=1S/C32H36F2N4O7S/c1-6-32(33,34)18-36-14-11-20(12-15-36)45-23(21-9-7-8-10-22(21)43-5)17-37-28-24(19(2)25(46-28)26-35-13-16-44-26)27(39)38(30(37)42)31(3,4)29(40)41/h6-10,13,16,20,23H,1,11-12,14-15,17-18H2,2-5H3,(H,40,41). The Hall–Kier alpha value is -4.14. The summed E-state index contributed by atoms with van der Waals surface area (Å²) in [7, 11) is 1.51. The zero-order valence-corrected chi connectivity index (χ0v) is 26.8. The van der Waals surface area contributed by atoms with Crippen molar-refractivity contribution in [1.82, 2.24) is 19.0 Å². The predicted molar refractivity (Wildman–Crippen MR) is 169 cm³/mol. The van der Waals surface area contributed by atoms with Crippen molar-refractivity contribution in [1.29, 1.82) is 0 Å². The van der Waals surface area contributed by atoms with Crippen LogP contribution in [0.1, 0.15) is 43.9 Å². The molecule has 246 valence electrons. The molecule has 3 aromatic heterocycles. The van der Waals surface area contributed by atoms with E-state index in [0.717, 1.165) is 15.9 Å². The zero-order chi connectivity index (χ0) is 33.4. The molecule has 0 spiro atoms. The summed E-state index contributed by atoms with van der Waals surface area (Å²) >= 11 is 1.14. The van der Waals surface area contributed by atoms with Crippen molar-refractivity contribution in [3.8, 4) is 16.5 Å². The van der Waals surface area contributed by atoms with Gasteiger partial charge in [-0.2, -0.15) is 0 Å². The van der Waals surface area contributed by atoms with Crippen LogP contribution in [0.25, 0.3) is 21.0 Å². The Morgan fingerprint density at radius 3 is 2.57 bits per heavy atom. The quantitative estimate of drug-likeness (QED) is 0.208. The highest BCUT2D eigenvalue weighted by atomic mass is 32.1. The van der Waals surface area contributed by atoms with Gasteiger partial charge in [0.1, 0.15) is 28.5 Å². The number of benzene rings is 1. The van der Waals surface area contributed by atoms with Crippen LogP contribution in [-0.2, 0) is 21.6 Å². The lowest BCUT2D eigenvalue weighted by Gasteiger charge is -2.35. The Morgan fingerprint density at radius 2 is 1.96 bits per heavy atom. The van der Waals surface area contributed by atoms with Gasteiger partial charge in [0, 0.05) is 18.7 Å². The second kappa shape index (κ2) is 12.9. The molecular weight excluding hydrogens is 622 g/mol. The molecule has 46 heavy (non-hydrogen) atoms. The highest BCUT2D eigenvalue weighted by molar-refractivity contribution is 7.22. The molecule has 4 aromatic rings. The molecule has 4 heterocycles. The molecule has 1 aromatic carbocycles. The maximum absolute atomic E-state index is 14.2. The van der Waals surface area contributed by atoms with Crippen molar-refractivity contribution in [2.24, 2.45) is 0 Å². The third-order valence-corrected chi connectivity index (χ3v) is 9.68. The van der Waals surface area contributed by atoms with Gasteiger partial charge < -0.3 is 19.0 Å². The van der Waals surface area contributed by atoms with Gasteiger partial charge in [0.15, 0.2) is 0 Å². The average Bonchev–Trinajstić information content (AvgIpc) is 3.67. The van der Waals surface area contributed by atoms with Crippen LogP contribution in [0, 0.1) is 6.92 Å². The second-order valence-corrected chi connectivity index (χ2v) is 12.8.